The predicted octanol–water partition coefficient (Wildman–Crippen LogP) is 3.74. The van der Waals surface area contributed by atoms with E-state index in [2.05, 4.69) is 0 Å². The number of benzene rings is 3. The van der Waals surface area contributed by atoms with Gasteiger partial charge < -0.3 is 33.7 Å². The van der Waals surface area contributed by atoms with E-state index in [9.17, 15) is 14.7 Å². The molecule has 4 rings (SSSR count). The number of rotatable bonds is 10. The molecule has 1 N–H and O–H groups in total. The van der Waals surface area contributed by atoms with Crippen LogP contribution in [0.3, 0.4) is 0 Å². The van der Waals surface area contributed by atoms with Crippen LogP contribution in [0, 0.1) is 0 Å². The first kappa shape index (κ1) is 23.7. The van der Waals surface area contributed by atoms with E-state index in [1.165, 1.54) is 13.2 Å². The summed E-state index contributed by atoms with van der Waals surface area (Å²) in [6, 6.07) is 17.4. The van der Waals surface area contributed by atoms with Gasteiger partial charge in [0.15, 0.2) is 29.6 Å². The number of aromatic carboxylic acids is 1. The molecule has 0 fully saturated rings. The minimum Gasteiger partial charge on any atom is -0.497 e. The Morgan fingerprint density at radius 2 is 1.66 bits per heavy atom. The quantitative estimate of drug-likeness (QED) is 0.469. The second kappa shape index (κ2) is 10.7. The standard InChI is InChI=1S/C26H25NO8/c1-31-19-6-3-5-17(11-19)13-27(14-18-9-10-21-23(12-18)35-16-34-21)24(28)15-33-25-20(26(29)30)7-4-8-22(25)32-2/h3-12H,13-16H2,1-2H3,(H,29,30). The highest BCUT2D eigenvalue weighted by molar-refractivity contribution is 5.92. The van der Waals surface area contributed by atoms with E-state index in [1.54, 1.807) is 30.2 Å². The summed E-state index contributed by atoms with van der Waals surface area (Å²) in [6.45, 7) is 0.332. The number of ether oxygens (including phenoxy) is 5. The molecule has 0 aromatic heterocycles. The fraction of sp³-hybridized carbons (Fsp3) is 0.231. The number of nitrogens with zero attached hydrogens (tertiary/aromatic N) is 1. The third kappa shape index (κ3) is 5.57. The Kier molecular flexibility index (Phi) is 7.25. The number of hydrogen-bond donors (Lipinski definition) is 1. The van der Waals surface area contributed by atoms with Crippen LogP contribution in [0.25, 0.3) is 0 Å². The van der Waals surface area contributed by atoms with Gasteiger partial charge in [0.2, 0.25) is 6.79 Å². The summed E-state index contributed by atoms with van der Waals surface area (Å²) in [5.74, 6) is 0.655. The van der Waals surface area contributed by atoms with Crippen LogP contribution in [-0.2, 0) is 17.9 Å². The molecule has 1 aliphatic rings. The van der Waals surface area contributed by atoms with Gasteiger partial charge >= 0.3 is 5.97 Å². The van der Waals surface area contributed by atoms with Crippen LogP contribution in [0.4, 0.5) is 0 Å². The number of fused-ring (bicyclic) bond motifs is 1. The van der Waals surface area contributed by atoms with Crippen molar-refractivity contribution in [3.05, 3.63) is 77.4 Å². The smallest absolute Gasteiger partial charge is 0.339 e. The highest BCUT2D eigenvalue weighted by atomic mass is 16.7. The molecule has 3 aromatic rings. The summed E-state index contributed by atoms with van der Waals surface area (Å²) in [6.07, 6.45) is 0. The lowest BCUT2D eigenvalue weighted by atomic mass is 10.1. The zero-order valence-electron chi connectivity index (χ0n) is 19.4. The van der Waals surface area contributed by atoms with E-state index in [0.29, 0.717) is 17.2 Å². The molecular weight excluding hydrogens is 454 g/mol. The third-order valence-electron chi connectivity index (χ3n) is 5.44. The van der Waals surface area contributed by atoms with Gasteiger partial charge in [-0.25, -0.2) is 4.79 Å². The molecule has 0 radical (unpaired) electrons. The summed E-state index contributed by atoms with van der Waals surface area (Å²) in [7, 11) is 2.99. The van der Waals surface area contributed by atoms with Gasteiger partial charge in [0.05, 0.1) is 14.2 Å². The Bertz CT molecular complexity index is 1230. The van der Waals surface area contributed by atoms with E-state index in [0.717, 1.165) is 11.1 Å². The molecule has 9 heteroatoms. The van der Waals surface area contributed by atoms with Crippen LogP contribution in [0.1, 0.15) is 21.5 Å². The number of carbonyl (C=O) groups excluding carboxylic acids is 1. The molecule has 0 spiro atoms. The number of amides is 1. The van der Waals surface area contributed by atoms with Gasteiger partial charge in [-0.15, -0.1) is 0 Å². The zero-order chi connectivity index (χ0) is 24.8. The second-order valence-electron chi connectivity index (χ2n) is 7.72. The second-order valence-corrected chi connectivity index (χ2v) is 7.72. The van der Waals surface area contributed by atoms with Gasteiger partial charge in [0.1, 0.15) is 11.3 Å². The first-order chi connectivity index (χ1) is 17.0. The van der Waals surface area contributed by atoms with Crippen molar-refractivity contribution in [1.29, 1.82) is 0 Å². The Labute approximate surface area is 202 Å². The SMILES string of the molecule is COc1cccc(CN(Cc2ccc3c(c2)OCO3)C(=O)COc2c(OC)cccc2C(=O)O)c1. The van der Waals surface area contributed by atoms with Crippen molar-refractivity contribution < 1.29 is 38.4 Å². The first-order valence-electron chi connectivity index (χ1n) is 10.8. The topological polar surface area (TPSA) is 104 Å². The van der Waals surface area contributed by atoms with Crippen LogP contribution in [0.15, 0.2) is 60.7 Å². The van der Waals surface area contributed by atoms with Gasteiger partial charge in [0.25, 0.3) is 5.91 Å². The normalized spacial score (nSPS) is 11.6. The zero-order valence-corrected chi connectivity index (χ0v) is 19.4. The number of methoxy groups -OCH3 is 2. The van der Waals surface area contributed by atoms with Crippen LogP contribution >= 0.6 is 0 Å². The maximum absolute atomic E-state index is 13.3. The maximum Gasteiger partial charge on any atom is 0.339 e. The Morgan fingerprint density at radius 3 is 2.40 bits per heavy atom. The molecule has 0 atom stereocenters. The first-order valence-corrected chi connectivity index (χ1v) is 10.8. The number of carboxylic acid groups (broad SMARTS) is 1. The molecular formula is C26H25NO8. The fourth-order valence-electron chi connectivity index (χ4n) is 3.70. The summed E-state index contributed by atoms with van der Waals surface area (Å²) in [5, 5.41) is 9.51. The molecule has 182 valence electrons. The van der Waals surface area contributed by atoms with Crippen molar-refractivity contribution in [2.24, 2.45) is 0 Å². The molecule has 0 saturated carbocycles. The van der Waals surface area contributed by atoms with E-state index in [1.807, 2.05) is 36.4 Å². The highest BCUT2D eigenvalue weighted by Crippen LogP contribution is 2.33. The van der Waals surface area contributed by atoms with E-state index < -0.39 is 5.97 Å². The molecule has 0 unspecified atom stereocenters. The van der Waals surface area contributed by atoms with Gasteiger partial charge in [-0.2, -0.15) is 0 Å². The van der Waals surface area contributed by atoms with E-state index in [4.69, 9.17) is 23.7 Å². The monoisotopic (exact) mass is 479 g/mol. The van der Waals surface area contributed by atoms with Crippen molar-refractivity contribution in [3.8, 4) is 28.7 Å². The van der Waals surface area contributed by atoms with Crippen LogP contribution in [0.2, 0.25) is 0 Å². The number of hydrogen-bond acceptors (Lipinski definition) is 7. The van der Waals surface area contributed by atoms with Crippen molar-refractivity contribution in [2.75, 3.05) is 27.6 Å². The molecule has 1 aliphatic heterocycles. The van der Waals surface area contributed by atoms with Gasteiger partial charge in [0, 0.05) is 13.1 Å². The number of carbonyl (C=O) groups is 2. The fourth-order valence-corrected chi connectivity index (χ4v) is 3.70. The molecule has 0 saturated heterocycles. The van der Waals surface area contributed by atoms with Gasteiger partial charge in [-0.3, -0.25) is 4.79 Å². The van der Waals surface area contributed by atoms with Gasteiger partial charge in [-0.1, -0.05) is 24.3 Å². The molecule has 9 nitrogen and oxygen atoms in total. The summed E-state index contributed by atoms with van der Waals surface area (Å²) in [5.41, 5.74) is 1.61. The summed E-state index contributed by atoms with van der Waals surface area (Å²) in [4.78, 5) is 26.6. The van der Waals surface area contributed by atoms with Crippen LogP contribution < -0.4 is 23.7 Å². The molecule has 35 heavy (non-hydrogen) atoms. The number of para-hydroxylation sites is 1. The van der Waals surface area contributed by atoms with Crippen molar-refractivity contribution in [2.45, 2.75) is 13.1 Å². The van der Waals surface area contributed by atoms with E-state index in [-0.39, 0.29) is 49.5 Å². The van der Waals surface area contributed by atoms with Crippen LogP contribution in [0.5, 0.6) is 28.7 Å². The number of carboxylic acids is 1. The van der Waals surface area contributed by atoms with Crippen molar-refractivity contribution in [1.82, 2.24) is 4.90 Å². The average Bonchev–Trinajstić information content (AvgIpc) is 3.34. The molecule has 0 bridgehead atoms. The van der Waals surface area contributed by atoms with Crippen LogP contribution in [-0.4, -0.2) is 49.5 Å². The average molecular weight is 479 g/mol. The molecule has 0 aliphatic carbocycles. The summed E-state index contributed by atoms with van der Waals surface area (Å²) < 4.78 is 27.1. The highest BCUT2D eigenvalue weighted by Gasteiger charge is 2.22. The Morgan fingerprint density at radius 1 is 0.914 bits per heavy atom. The molecule has 3 aromatic carbocycles. The van der Waals surface area contributed by atoms with Gasteiger partial charge in [-0.05, 0) is 47.5 Å². The van der Waals surface area contributed by atoms with Crippen molar-refractivity contribution in [3.63, 3.8) is 0 Å². The van der Waals surface area contributed by atoms with E-state index >= 15 is 0 Å². The predicted molar refractivity (Wildman–Crippen MR) is 125 cm³/mol. The minimum absolute atomic E-state index is 0.000241. The lowest BCUT2D eigenvalue weighted by molar-refractivity contribution is -0.134. The lowest BCUT2D eigenvalue weighted by Crippen LogP contribution is -2.34. The molecule has 1 heterocycles. The maximum atomic E-state index is 13.3. The van der Waals surface area contributed by atoms with Crippen molar-refractivity contribution >= 4 is 11.9 Å². The lowest BCUT2D eigenvalue weighted by Gasteiger charge is -2.24. The molecule has 1 amide bonds. The Balaban J connectivity index is 1.56. The minimum atomic E-state index is -1.18. The summed E-state index contributed by atoms with van der Waals surface area (Å²) >= 11 is 0. The largest absolute Gasteiger partial charge is 0.497 e. The Hall–Kier alpha value is -4.40. The third-order valence-corrected chi connectivity index (χ3v) is 5.44.